The third-order valence-electron chi connectivity index (χ3n) is 6.83. The molecule has 0 fully saturated rings. The molecule has 210 valence electrons. The molecule has 2 aromatic heterocycles. The van der Waals surface area contributed by atoms with Gasteiger partial charge in [-0.15, -0.1) is 8.78 Å². The predicted octanol–water partition coefficient (Wildman–Crippen LogP) is 6.82. The molecular weight excluding hydrogens is 552 g/mol. The highest BCUT2D eigenvalue weighted by molar-refractivity contribution is 7.90. The number of imidazole rings is 1. The number of nitrogens with zero attached hydrogens (tertiary/aromatic N) is 3. The Labute approximate surface area is 235 Å². The van der Waals surface area contributed by atoms with E-state index >= 15 is 0 Å². The topological polar surface area (TPSA) is 96.5 Å². The number of rotatable bonds is 5. The molecular formula is C30H25F2N3O5S. The summed E-state index contributed by atoms with van der Waals surface area (Å²) in [6, 6.07) is 15.4. The number of fused-ring (bicyclic) bond motifs is 1. The summed E-state index contributed by atoms with van der Waals surface area (Å²) in [6.07, 6.45) is -0.668. The van der Waals surface area contributed by atoms with Crippen LogP contribution in [0.15, 0.2) is 70.1 Å². The summed E-state index contributed by atoms with van der Waals surface area (Å²) in [5.74, 6) is 1.26. The van der Waals surface area contributed by atoms with E-state index in [0.29, 0.717) is 39.6 Å². The lowest BCUT2D eigenvalue weighted by Gasteiger charge is -2.15. The van der Waals surface area contributed by atoms with Crippen molar-refractivity contribution in [1.82, 2.24) is 14.5 Å². The minimum Gasteiger partial charge on any atom is -0.440 e. The highest BCUT2D eigenvalue weighted by atomic mass is 32.2. The summed E-state index contributed by atoms with van der Waals surface area (Å²) < 4.78 is 69.4. The van der Waals surface area contributed by atoms with E-state index in [1.807, 2.05) is 48.9 Å². The second-order valence-electron chi connectivity index (χ2n) is 10.0. The Kier molecular flexibility index (Phi) is 6.04. The molecule has 6 rings (SSSR count). The second-order valence-corrected chi connectivity index (χ2v) is 12.0. The van der Waals surface area contributed by atoms with Crippen LogP contribution in [0.5, 0.6) is 11.5 Å². The van der Waals surface area contributed by atoms with Crippen LogP contribution in [0.25, 0.3) is 39.4 Å². The zero-order valence-electron chi connectivity index (χ0n) is 22.8. The molecule has 0 radical (unpaired) electrons. The van der Waals surface area contributed by atoms with E-state index < -0.39 is 16.1 Å². The van der Waals surface area contributed by atoms with Crippen molar-refractivity contribution in [2.45, 2.75) is 38.9 Å². The average Bonchev–Trinajstić information content (AvgIpc) is 3.54. The molecule has 0 N–H and O–H groups in total. The quantitative estimate of drug-likeness (QED) is 0.226. The van der Waals surface area contributed by atoms with E-state index in [9.17, 15) is 17.2 Å². The van der Waals surface area contributed by atoms with E-state index in [1.54, 1.807) is 32.0 Å². The van der Waals surface area contributed by atoms with E-state index in [-0.39, 0.29) is 16.4 Å². The lowest BCUT2D eigenvalue weighted by molar-refractivity contribution is -0.286. The van der Waals surface area contributed by atoms with Gasteiger partial charge in [0.05, 0.1) is 16.3 Å². The Morgan fingerprint density at radius 3 is 2.22 bits per heavy atom. The SMILES string of the molecule is Cc1cn(-c2ccc(-c3ccc(C)c(S(C)(=O)=O)c3)cc2-c2nc(C)oc2-c2ccc3c(c2)OC(F)(F)O3)c(C)n1. The number of alkyl halides is 2. The van der Waals surface area contributed by atoms with Gasteiger partial charge >= 0.3 is 6.29 Å². The number of benzene rings is 3. The summed E-state index contributed by atoms with van der Waals surface area (Å²) in [5, 5.41) is 0. The molecule has 0 atom stereocenters. The zero-order chi connectivity index (χ0) is 29.3. The third-order valence-corrected chi connectivity index (χ3v) is 8.07. The smallest absolute Gasteiger partial charge is 0.440 e. The van der Waals surface area contributed by atoms with Crippen LogP contribution in [-0.4, -0.2) is 35.5 Å². The molecule has 3 heterocycles. The minimum atomic E-state index is -3.75. The van der Waals surface area contributed by atoms with Gasteiger partial charge in [0.15, 0.2) is 33.0 Å². The largest absolute Gasteiger partial charge is 0.586 e. The van der Waals surface area contributed by atoms with E-state index in [1.165, 1.54) is 18.4 Å². The zero-order valence-corrected chi connectivity index (χ0v) is 23.6. The standard InChI is InChI=1S/C30H25F2N3O5S/c1-16-6-7-21(14-27(16)41(5,36)37)20-8-10-24(35-15-17(2)33-18(35)3)23(12-20)28-29(38-19(4)34-28)22-9-11-25-26(13-22)40-30(31,32)39-25/h6-15H,1-5H3. The number of oxazole rings is 1. The van der Waals surface area contributed by atoms with Crippen LogP contribution in [0.1, 0.15) is 23.0 Å². The summed E-state index contributed by atoms with van der Waals surface area (Å²) in [6.45, 7) is 7.23. The predicted molar refractivity (Wildman–Crippen MR) is 148 cm³/mol. The van der Waals surface area contributed by atoms with Crippen molar-refractivity contribution in [1.29, 1.82) is 0 Å². The van der Waals surface area contributed by atoms with Crippen LogP contribution in [-0.2, 0) is 9.84 Å². The fourth-order valence-electron chi connectivity index (χ4n) is 5.05. The number of sulfone groups is 1. The maximum Gasteiger partial charge on any atom is 0.586 e. The van der Waals surface area contributed by atoms with Gasteiger partial charge in [-0.2, -0.15) is 0 Å². The number of hydrogen-bond acceptors (Lipinski definition) is 7. The maximum absolute atomic E-state index is 13.7. The van der Waals surface area contributed by atoms with Crippen LogP contribution in [0.2, 0.25) is 0 Å². The fourth-order valence-corrected chi connectivity index (χ4v) is 6.05. The summed E-state index contributed by atoms with van der Waals surface area (Å²) in [7, 11) is -3.45. The number of halogens is 2. The molecule has 41 heavy (non-hydrogen) atoms. The molecule has 3 aromatic carbocycles. The van der Waals surface area contributed by atoms with Gasteiger partial charge < -0.3 is 18.5 Å². The molecule has 0 spiro atoms. The molecule has 1 aliphatic heterocycles. The lowest BCUT2D eigenvalue weighted by Crippen LogP contribution is -2.25. The van der Waals surface area contributed by atoms with Crippen LogP contribution >= 0.6 is 0 Å². The summed E-state index contributed by atoms with van der Waals surface area (Å²) >= 11 is 0. The Morgan fingerprint density at radius 1 is 0.829 bits per heavy atom. The molecule has 0 aliphatic carbocycles. The number of ether oxygens (including phenoxy) is 2. The second kappa shape index (κ2) is 9.27. The Bertz CT molecular complexity index is 1960. The highest BCUT2D eigenvalue weighted by Gasteiger charge is 2.43. The van der Waals surface area contributed by atoms with Gasteiger partial charge in [-0.25, -0.2) is 18.4 Å². The first-order valence-corrected chi connectivity index (χ1v) is 14.5. The first kappa shape index (κ1) is 26.7. The number of hydrogen-bond donors (Lipinski definition) is 0. The third kappa shape index (κ3) is 4.86. The van der Waals surface area contributed by atoms with Crippen molar-refractivity contribution >= 4 is 9.84 Å². The van der Waals surface area contributed by atoms with Gasteiger partial charge in [-0.1, -0.05) is 18.2 Å². The number of aromatic nitrogens is 3. The van der Waals surface area contributed by atoms with Crippen molar-refractivity contribution in [3.05, 3.63) is 83.8 Å². The van der Waals surface area contributed by atoms with Gasteiger partial charge in [0.2, 0.25) is 0 Å². The van der Waals surface area contributed by atoms with Gasteiger partial charge in [-0.3, -0.25) is 0 Å². The summed E-state index contributed by atoms with van der Waals surface area (Å²) in [4.78, 5) is 9.48. The van der Waals surface area contributed by atoms with Crippen LogP contribution in [0, 0.1) is 27.7 Å². The molecule has 11 heteroatoms. The molecule has 8 nitrogen and oxygen atoms in total. The van der Waals surface area contributed by atoms with Gasteiger partial charge in [0.1, 0.15) is 11.5 Å². The molecule has 0 saturated heterocycles. The molecule has 5 aromatic rings. The highest BCUT2D eigenvalue weighted by Crippen LogP contribution is 2.45. The van der Waals surface area contributed by atoms with Crippen molar-refractivity contribution in [3.8, 4) is 50.9 Å². The van der Waals surface area contributed by atoms with Crippen molar-refractivity contribution in [2.24, 2.45) is 0 Å². The Balaban J connectivity index is 1.57. The van der Waals surface area contributed by atoms with Crippen LogP contribution in [0.4, 0.5) is 8.78 Å². The van der Waals surface area contributed by atoms with Crippen LogP contribution in [0.3, 0.4) is 0 Å². The van der Waals surface area contributed by atoms with Crippen LogP contribution < -0.4 is 9.47 Å². The van der Waals surface area contributed by atoms with E-state index in [4.69, 9.17) is 9.40 Å². The van der Waals surface area contributed by atoms with Gasteiger partial charge in [0.25, 0.3) is 0 Å². The van der Waals surface area contributed by atoms with Gasteiger partial charge in [-0.05, 0) is 73.9 Å². The normalized spacial score (nSPS) is 14.0. The van der Waals surface area contributed by atoms with Crippen molar-refractivity contribution in [3.63, 3.8) is 0 Å². The molecule has 0 unspecified atom stereocenters. The molecule has 0 saturated carbocycles. The molecule has 0 bridgehead atoms. The number of aryl methyl sites for hydroxylation is 4. The first-order chi connectivity index (χ1) is 19.3. The van der Waals surface area contributed by atoms with Crippen molar-refractivity contribution in [2.75, 3.05) is 6.26 Å². The maximum atomic E-state index is 13.7. The van der Waals surface area contributed by atoms with Crippen molar-refractivity contribution < 1.29 is 31.1 Å². The van der Waals surface area contributed by atoms with E-state index in [0.717, 1.165) is 22.8 Å². The first-order valence-electron chi connectivity index (χ1n) is 12.7. The monoisotopic (exact) mass is 577 g/mol. The van der Waals surface area contributed by atoms with Gasteiger partial charge in [0, 0.05) is 30.5 Å². The fraction of sp³-hybridized carbons (Fsp3) is 0.200. The molecule has 0 amide bonds. The molecule has 1 aliphatic rings. The minimum absolute atomic E-state index is 0.0789. The summed E-state index contributed by atoms with van der Waals surface area (Å²) in [5.41, 5.74) is 5.27. The lowest BCUT2D eigenvalue weighted by atomic mass is 9.97. The van der Waals surface area contributed by atoms with E-state index in [2.05, 4.69) is 14.5 Å². The average molecular weight is 578 g/mol. The Morgan fingerprint density at radius 2 is 1.51 bits per heavy atom. The Hall–Kier alpha value is -4.51.